The van der Waals surface area contributed by atoms with Crippen LogP contribution in [0.25, 0.3) is 0 Å². The standard InChI is InChI=1S/C20H25ClN4O3/c1-3-5-16-12-17(20(27)28-4-2)23-25(16)15-8-10-24(11-9-15)19(26)14-6-7-18(21)22-13-14/h6-7,12-13,15H,3-5,8-11H2,1-2H3. The normalized spacial score (nSPS) is 14.9. The number of ether oxygens (including phenoxy) is 1. The summed E-state index contributed by atoms with van der Waals surface area (Å²) in [4.78, 5) is 30.5. The van der Waals surface area contributed by atoms with Gasteiger partial charge < -0.3 is 9.64 Å². The third kappa shape index (κ3) is 4.52. The van der Waals surface area contributed by atoms with Gasteiger partial charge in [-0.05, 0) is 44.4 Å². The monoisotopic (exact) mass is 404 g/mol. The summed E-state index contributed by atoms with van der Waals surface area (Å²) in [6, 6.07) is 5.32. The van der Waals surface area contributed by atoms with E-state index >= 15 is 0 Å². The molecule has 1 aliphatic heterocycles. The molecule has 0 aliphatic carbocycles. The molecule has 28 heavy (non-hydrogen) atoms. The molecule has 1 aliphatic rings. The average Bonchev–Trinajstić information content (AvgIpc) is 3.13. The molecule has 150 valence electrons. The van der Waals surface area contributed by atoms with Crippen molar-refractivity contribution in [3.63, 3.8) is 0 Å². The van der Waals surface area contributed by atoms with Gasteiger partial charge in [0, 0.05) is 25.0 Å². The SMILES string of the molecule is CCCc1cc(C(=O)OCC)nn1C1CCN(C(=O)c2ccc(Cl)nc2)CC1. The molecule has 1 saturated heterocycles. The number of halogens is 1. The van der Waals surface area contributed by atoms with Crippen molar-refractivity contribution in [3.05, 3.63) is 46.5 Å². The van der Waals surface area contributed by atoms with Gasteiger partial charge in [0.1, 0.15) is 5.15 Å². The third-order valence-corrected chi connectivity index (χ3v) is 5.10. The molecule has 7 nitrogen and oxygen atoms in total. The van der Waals surface area contributed by atoms with Crippen LogP contribution in [0.5, 0.6) is 0 Å². The molecule has 2 aromatic heterocycles. The molecule has 0 saturated carbocycles. The predicted molar refractivity (Wildman–Crippen MR) is 106 cm³/mol. The summed E-state index contributed by atoms with van der Waals surface area (Å²) in [5, 5.41) is 4.89. The second kappa shape index (κ2) is 9.19. The zero-order valence-corrected chi connectivity index (χ0v) is 17.0. The number of aromatic nitrogens is 3. The summed E-state index contributed by atoms with van der Waals surface area (Å²) in [6.45, 7) is 5.47. The van der Waals surface area contributed by atoms with Crippen LogP contribution in [0.4, 0.5) is 0 Å². The number of nitrogens with zero attached hydrogens (tertiary/aromatic N) is 4. The number of rotatable bonds is 6. The molecule has 3 heterocycles. The second-order valence-corrected chi connectivity index (χ2v) is 7.22. The van der Waals surface area contributed by atoms with Gasteiger partial charge in [-0.1, -0.05) is 24.9 Å². The first-order valence-corrected chi connectivity index (χ1v) is 10.1. The third-order valence-electron chi connectivity index (χ3n) is 4.88. The molecule has 0 spiro atoms. The topological polar surface area (TPSA) is 77.3 Å². The highest BCUT2D eigenvalue weighted by Gasteiger charge is 2.27. The number of hydrogen-bond acceptors (Lipinski definition) is 5. The van der Waals surface area contributed by atoms with Crippen molar-refractivity contribution in [3.8, 4) is 0 Å². The van der Waals surface area contributed by atoms with Gasteiger partial charge in [0.05, 0.1) is 18.2 Å². The largest absolute Gasteiger partial charge is 0.461 e. The van der Waals surface area contributed by atoms with Crippen molar-refractivity contribution in [1.82, 2.24) is 19.7 Å². The van der Waals surface area contributed by atoms with E-state index in [-0.39, 0.29) is 17.9 Å². The van der Waals surface area contributed by atoms with E-state index < -0.39 is 0 Å². The van der Waals surface area contributed by atoms with Gasteiger partial charge in [-0.2, -0.15) is 5.10 Å². The summed E-state index contributed by atoms with van der Waals surface area (Å²) in [5.41, 5.74) is 1.94. The molecular formula is C20H25ClN4O3. The lowest BCUT2D eigenvalue weighted by atomic mass is 10.0. The lowest BCUT2D eigenvalue weighted by Gasteiger charge is -2.32. The first-order chi connectivity index (χ1) is 13.5. The Labute approximate surface area is 169 Å². The maximum atomic E-state index is 12.6. The fourth-order valence-corrected chi connectivity index (χ4v) is 3.61. The summed E-state index contributed by atoms with van der Waals surface area (Å²) in [7, 11) is 0. The smallest absolute Gasteiger partial charge is 0.358 e. The van der Waals surface area contributed by atoms with E-state index in [9.17, 15) is 9.59 Å². The van der Waals surface area contributed by atoms with Crippen molar-refractivity contribution < 1.29 is 14.3 Å². The van der Waals surface area contributed by atoms with E-state index in [4.69, 9.17) is 16.3 Å². The van der Waals surface area contributed by atoms with Gasteiger partial charge in [-0.15, -0.1) is 0 Å². The Kier molecular flexibility index (Phi) is 6.67. The Balaban J connectivity index is 1.69. The van der Waals surface area contributed by atoms with Crippen LogP contribution in [-0.2, 0) is 11.2 Å². The van der Waals surface area contributed by atoms with Gasteiger partial charge in [-0.25, -0.2) is 9.78 Å². The molecule has 0 radical (unpaired) electrons. The van der Waals surface area contributed by atoms with E-state index in [0.717, 1.165) is 31.4 Å². The highest BCUT2D eigenvalue weighted by Crippen LogP contribution is 2.26. The average molecular weight is 405 g/mol. The molecule has 0 unspecified atom stereocenters. The van der Waals surface area contributed by atoms with Crippen molar-refractivity contribution in [1.29, 1.82) is 0 Å². The minimum Gasteiger partial charge on any atom is -0.461 e. The maximum absolute atomic E-state index is 12.6. The molecule has 0 atom stereocenters. The van der Waals surface area contributed by atoms with Gasteiger partial charge in [0.15, 0.2) is 5.69 Å². The number of carbonyl (C=O) groups excluding carboxylic acids is 2. The molecule has 0 aromatic carbocycles. The highest BCUT2D eigenvalue weighted by molar-refractivity contribution is 6.29. The molecule has 0 bridgehead atoms. The number of pyridine rings is 1. The van der Waals surface area contributed by atoms with E-state index in [1.165, 1.54) is 6.20 Å². The molecule has 1 fully saturated rings. The Morgan fingerprint density at radius 1 is 1.25 bits per heavy atom. The number of hydrogen-bond donors (Lipinski definition) is 0. The van der Waals surface area contributed by atoms with Crippen LogP contribution in [0.15, 0.2) is 24.4 Å². The highest BCUT2D eigenvalue weighted by atomic mass is 35.5. The summed E-state index contributed by atoms with van der Waals surface area (Å²) < 4.78 is 7.04. The van der Waals surface area contributed by atoms with Gasteiger partial charge >= 0.3 is 5.97 Å². The lowest BCUT2D eigenvalue weighted by molar-refractivity contribution is 0.0517. The number of amides is 1. The van der Waals surface area contributed by atoms with Crippen LogP contribution in [-0.4, -0.2) is 51.2 Å². The molecular weight excluding hydrogens is 380 g/mol. The maximum Gasteiger partial charge on any atom is 0.358 e. The number of likely N-dealkylation sites (tertiary alicyclic amines) is 1. The van der Waals surface area contributed by atoms with Crippen LogP contribution < -0.4 is 0 Å². The van der Waals surface area contributed by atoms with Crippen LogP contribution >= 0.6 is 11.6 Å². The lowest BCUT2D eigenvalue weighted by Crippen LogP contribution is -2.39. The summed E-state index contributed by atoms with van der Waals surface area (Å²) in [5.74, 6) is -0.425. The van der Waals surface area contributed by atoms with Crippen molar-refractivity contribution in [2.24, 2.45) is 0 Å². The quantitative estimate of drug-likeness (QED) is 0.543. The number of esters is 1. The Morgan fingerprint density at radius 3 is 2.61 bits per heavy atom. The van der Waals surface area contributed by atoms with Gasteiger partial charge in [0.2, 0.25) is 0 Å². The van der Waals surface area contributed by atoms with E-state index in [0.29, 0.717) is 36.1 Å². The predicted octanol–water partition coefficient (Wildman–Crippen LogP) is 3.54. The minimum atomic E-state index is -0.388. The fraction of sp³-hybridized carbons (Fsp3) is 0.500. The van der Waals surface area contributed by atoms with Crippen LogP contribution in [0.1, 0.15) is 65.7 Å². The number of aryl methyl sites for hydroxylation is 1. The first kappa shape index (κ1) is 20.3. The van der Waals surface area contributed by atoms with Gasteiger partial charge in [-0.3, -0.25) is 9.48 Å². The fourth-order valence-electron chi connectivity index (χ4n) is 3.50. The summed E-state index contributed by atoms with van der Waals surface area (Å²) >= 11 is 5.79. The van der Waals surface area contributed by atoms with Crippen LogP contribution in [0.2, 0.25) is 5.15 Å². The Hall–Kier alpha value is -2.41. The van der Waals surface area contributed by atoms with Crippen LogP contribution in [0, 0.1) is 0 Å². The van der Waals surface area contributed by atoms with Crippen molar-refractivity contribution >= 4 is 23.5 Å². The molecule has 8 heteroatoms. The number of carbonyl (C=O) groups is 2. The zero-order valence-electron chi connectivity index (χ0n) is 16.2. The van der Waals surface area contributed by atoms with Crippen molar-refractivity contribution in [2.75, 3.05) is 19.7 Å². The van der Waals surface area contributed by atoms with E-state index in [2.05, 4.69) is 17.0 Å². The Bertz CT molecular complexity index is 826. The van der Waals surface area contributed by atoms with Gasteiger partial charge in [0.25, 0.3) is 5.91 Å². The zero-order chi connectivity index (χ0) is 20.1. The number of piperidine rings is 1. The first-order valence-electron chi connectivity index (χ1n) is 9.69. The molecule has 0 N–H and O–H groups in total. The molecule has 3 rings (SSSR count). The minimum absolute atomic E-state index is 0.0379. The van der Waals surface area contributed by atoms with E-state index in [1.54, 1.807) is 19.1 Å². The van der Waals surface area contributed by atoms with Crippen molar-refractivity contribution in [2.45, 2.75) is 45.6 Å². The van der Waals surface area contributed by atoms with Crippen LogP contribution in [0.3, 0.4) is 0 Å². The summed E-state index contributed by atoms with van der Waals surface area (Å²) in [6.07, 6.45) is 4.90. The van der Waals surface area contributed by atoms with E-state index in [1.807, 2.05) is 15.6 Å². The Morgan fingerprint density at radius 2 is 2.00 bits per heavy atom. The molecule has 1 amide bonds. The second-order valence-electron chi connectivity index (χ2n) is 6.83. The molecule has 2 aromatic rings.